The fourth-order valence-electron chi connectivity index (χ4n) is 1.93. The molecule has 0 aliphatic rings. The zero-order chi connectivity index (χ0) is 14.1. The Hall–Kier alpha value is -1.10. The second kappa shape index (κ2) is 5.72. The number of rotatable bonds is 3. The largest absolute Gasteiger partial charge is 0.221 e. The maximum Gasteiger partial charge on any atom is 0.142 e. The van der Waals surface area contributed by atoms with Crippen molar-refractivity contribution in [1.29, 1.82) is 0 Å². The lowest BCUT2D eigenvalue weighted by Crippen LogP contribution is -1.93. The molecule has 0 aliphatic carbocycles. The van der Waals surface area contributed by atoms with Crippen LogP contribution in [-0.4, -0.2) is 9.97 Å². The summed E-state index contributed by atoms with van der Waals surface area (Å²) < 4.78 is 0. The number of aromatic nitrogens is 2. The van der Waals surface area contributed by atoms with Crippen molar-refractivity contribution in [3.8, 4) is 0 Å². The minimum absolute atomic E-state index is 0.549. The van der Waals surface area contributed by atoms with Gasteiger partial charge in [-0.15, -0.1) is 23.1 Å². The van der Waals surface area contributed by atoms with Crippen LogP contribution < -0.4 is 0 Å². The average molecular weight is 321 g/mol. The van der Waals surface area contributed by atoms with E-state index in [9.17, 15) is 0 Å². The minimum Gasteiger partial charge on any atom is -0.221 e. The van der Waals surface area contributed by atoms with Gasteiger partial charge in [-0.05, 0) is 36.9 Å². The Bertz CT molecular complexity index is 768. The number of halogens is 1. The number of fused-ring (bicyclic) bond motifs is 1. The van der Waals surface area contributed by atoms with Crippen LogP contribution in [0.1, 0.15) is 17.0 Å². The molecule has 102 valence electrons. The van der Waals surface area contributed by atoms with Crippen LogP contribution in [0.2, 0.25) is 5.15 Å². The molecule has 2 aromatic heterocycles. The lowest BCUT2D eigenvalue weighted by Gasteiger charge is -2.06. The summed E-state index contributed by atoms with van der Waals surface area (Å²) in [7, 11) is 0. The molecule has 0 spiro atoms. The smallest absolute Gasteiger partial charge is 0.142 e. The van der Waals surface area contributed by atoms with Gasteiger partial charge in [0, 0.05) is 10.3 Å². The first-order valence-corrected chi connectivity index (χ1v) is 8.47. The first-order valence-electron chi connectivity index (χ1n) is 6.23. The Morgan fingerprint density at radius 2 is 2.05 bits per heavy atom. The third kappa shape index (κ3) is 2.82. The van der Waals surface area contributed by atoms with Crippen molar-refractivity contribution in [2.45, 2.75) is 24.5 Å². The van der Waals surface area contributed by atoms with Crippen LogP contribution in [0.5, 0.6) is 0 Å². The number of thioether (sulfide) groups is 1. The molecule has 0 N–H and O–H groups in total. The number of hydrogen-bond donors (Lipinski definition) is 0. The Morgan fingerprint density at radius 1 is 1.20 bits per heavy atom. The Labute approximate surface area is 131 Å². The summed E-state index contributed by atoms with van der Waals surface area (Å²) in [6.07, 6.45) is 0. The zero-order valence-corrected chi connectivity index (χ0v) is 13.6. The Kier molecular flexibility index (Phi) is 3.96. The predicted molar refractivity (Wildman–Crippen MR) is 87.9 cm³/mol. The highest BCUT2D eigenvalue weighted by molar-refractivity contribution is 7.98. The molecule has 0 fully saturated rings. The van der Waals surface area contributed by atoms with Crippen LogP contribution in [0.15, 0.2) is 34.5 Å². The highest BCUT2D eigenvalue weighted by Gasteiger charge is 2.08. The SMILES string of the molecule is Cc1ccc(C)c(SCc2nc(Cl)c3ccsc3n2)c1. The van der Waals surface area contributed by atoms with Crippen molar-refractivity contribution in [3.63, 3.8) is 0 Å². The van der Waals surface area contributed by atoms with E-state index in [-0.39, 0.29) is 0 Å². The fourth-order valence-corrected chi connectivity index (χ4v) is 4.00. The van der Waals surface area contributed by atoms with E-state index in [1.807, 2.05) is 11.4 Å². The highest BCUT2D eigenvalue weighted by atomic mass is 35.5. The van der Waals surface area contributed by atoms with Crippen LogP contribution in [0.25, 0.3) is 10.2 Å². The maximum absolute atomic E-state index is 6.19. The lowest BCUT2D eigenvalue weighted by atomic mass is 10.2. The molecule has 3 aromatic rings. The number of thiophene rings is 1. The average Bonchev–Trinajstić information content (AvgIpc) is 2.89. The van der Waals surface area contributed by atoms with Gasteiger partial charge in [-0.2, -0.15) is 0 Å². The monoisotopic (exact) mass is 320 g/mol. The molecule has 0 radical (unpaired) electrons. The van der Waals surface area contributed by atoms with E-state index >= 15 is 0 Å². The lowest BCUT2D eigenvalue weighted by molar-refractivity contribution is 1.07. The Balaban J connectivity index is 1.84. The molecule has 0 aliphatic heterocycles. The van der Waals surface area contributed by atoms with Crippen LogP contribution in [-0.2, 0) is 5.75 Å². The van der Waals surface area contributed by atoms with Gasteiger partial charge in [0.1, 0.15) is 15.8 Å². The van der Waals surface area contributed by atoms with Gasteiger partial charge in [0.15, 0.2) is 0 Å². The van der Waals surface area contributed by atoms with Crippen molar-refractivity contribution < 1.29 is 0 Å². The molecule has 5 heteroatoms. The van der Waals surface area contributed by atoms with E-state index < -0.39 is 0 Å². The second-order valence-corrected chi connectivity index (χ2v) is 6.90. The highest BCUT2D eigenvalue weighted by Crippen LogP contribution is 2.29. The zero-order valence-electron chi connectivity index (χ0n) is 11.2. The molecule has 2 heterocycles. The number of hydrogen-bond acceptors (Lipinski definition) is 4. The number of nitrogens with zero attached hydrogens (tertiary/aromatic N) is 2. The van der Waals surface area contributed by atoms with Gasteiger partial charge in [-0.1, -0.05) is 29.3 Å². The van der Waals surface area contributed by atoms with Crippen molar-refractivity contribution in [3.05, 3.63) is 51.7 Å². The topological polar surface area (TPSA) is 25.8 Å². The molecule has 0 atom stereocenters. The van der Waals surface area contributed by atoms with Gasteiger partial charge in [0.05, 0.1) is 5.75 Å². The molecule has 0 bridgehead atoms. The minimum atomic E-state index is 0.549. The molecule has 1 aromatic carbocycles. The molecular formula is C15H13ClN2S2. The normalized spacial score (nSPS) is 11.2. The molecular weight excluding hydrogens is 308 g/mol. The van der Waals surface area contributed by atoms with Crippen LogP contribution >= 0.6 is 34.7 Å². The first kappa shape index (κ1) is 13.9. The van der Waals surface area contributed by atoms with Crippen molar-refractivity contribution in [1.82, 2.24) is 9.97 Å². The van der Waals surface area contributed by atoms with Gasteiger partial charge < -0.3 is 0 Å². The van der Waals surface area contributed by atoms with Gasteiger partial charge in [0.2, 0.25) is 0 Å². The Morgan fingerprint density at radius 3 is 2.90 bits per heavy atom. The van der Waals surface area contributed by atoms with E-state index in [0.29, 0.717) is 5.15 Å². The van der Waals surface area contributed by atoms with Crippen molar-refractivity contribution in [2.24, 2.45) is 0 Å². The van der Waals surface area contributed by atoms with Crippen LogP contribution in [0.3, 0.4) is 0 Å². The summed E-state index contributed by atoms with van der Waals surface area (Å²) in [5.74, 6) is 1.52. The molecule has 20 heavy (non-hydrogen) atoms. The van der Waals surface area contributed by atoms with E-state index in [4.69, 9.17) is 11.6 Å². The van der Waals surface area contributed by atoms with Gasteiger partial charge in [0.25, 0.3) is 0 Å². The third-order valence-corrected chi connectivity index (χ3v) is 5.27. The second-order valence-electron chi connectivity index (χ2n) is 4.63. The quantitative estimate of drug-likeness (QED) is 0.486. The summed E-state index contributed by atoms with van der Waals surface area (Å²) in [6.45, 7) is 4.23. The first-order chi connectivity index (χ1) is 9.63. The van der Waals surface area contributed by atoms with Crippen molar-refractivity contribution >= 4 is 44.9 Å². The van der Waals surface area contributed by atoms with E-state index in [1.54, 1.807) is 23.1 Å². The van der Waals surface area contributed by atoms with E-state index in [0.717, 1.165) is 21.8 Å². The molecule has 0 saturated carbocycles. The molecule has 0 unspecified atom stereocenters. The predicted octanol–water partition coefficient (Wildman–Crippen LogP) is 5.25. The summed E-state index contributed by atoms with van der Waals surface area (Å²) in [5, 5.41) is 3.48. The molecule has 3 rings (SSSR count). The van der Waals surface area contributed by atoms with Crippen LogP contribution in [0.4, 0.5) is 0 Å². The summed E-state index contributed by atoms with van der Waals surface area (Å²) >= 11 is 9.54. The third-order valence-electron chi connectivity index (χ3n) is 3.03. The molecule has 2 nitrogen and oxygen atoms in total. The summed E-state index contributed by atoms with van der Waals surface area (Å²) in [6, 6.07) is 8.44. The van der Waals surface area contributed by atoms with E-state index in [2.05, 4.69) is 42.0 Å². The van der Waals surface area contributed by atoms with Gasteiger partial charge >= 0.3 is 0 Å². The van der Waals surface area contributed by atoms with Crippen molar-refractivity contribution in [2.75, 3.05) is 0 Å². The molecule has 0 saturated heterocycles. The summed E-state index contributed by atoms with van der Waals surface area (Å²) in [4.78, 5) is 11.2. The van der Waals surface area contributed by atoms with E-state index in [1.165, 1.54) is 16.0 Å². The van der Waals surface area contributed by atoms with Crippen LogP contribution in [0, 0.1) is 13.8 Å². The standard InChI is InChI=1S/C15H13ClN2S2/c1-9-3-4-10(2)12(7-9)20-8-13-17-14(16)11-5-6-19-15(11)18-13/h3-7H,8H2,1-2H3. The number of aryl methyl sites for hydroxylation is 2. The molecule has 0 amide bonds. The summed E-state index contributed by atoms with van der Waals surface area (Å²) in [5.41, 5.74) is 2.55. The van der Waals surface area contributed by atoms with Gasteiger partial charge in [-0.3, -0.25) is 0 Å². The van der Waals surface area contributed by atoms with Gasteiger partial charge in [-0.25, -0.2) is 9.97 Å². The maximum atomic E-state index is 6.19. The number of benzene rings is 1. The fraction of sp³-hybridized carbons (Fsp3) is 0.200.